The van der Waals surface area contributed by atoms with Gasteiger partial charge in [0.2, 0.25) is 41.4 Å². The number of likely N-dealkylation sites (tertiary alicyclic amines) is 1. The highest BCUT2D eigenvalue weighted by Gasteiger charge is 2.62. The lowest BCUT2D eigenvalue weighted by Crippen LogP contribution is -2.61. The molecule has 1 aliphatic carbocycles. The van der Waals surface area contributed by atoms with Gasteiger partial charge in [-0.25, -0.2) is 0 Å². The monoisotopic (exact) mass is 943 g/mol. The fourth-order valence-electron chi connectivity index (χ4n) is 9.12. The third kappa shape index (κ3) is 12.6. The molecule has 19 heteroatoms. The maximum absolute atomic E-state index is 14.6. The molecule has 0 aromatic heterocycles. The van der Waals surface area contributed by atoms with Crippen LogP contribution in [0.5, 0.6) is 0 Å². The SMILES string of the molecule is CC[C@H]1NC(=O)[C@H](Cc2cc(Cl)ccc2Cl)N(C)C(=O)[C@H](CC(C)(C)C)NC(=O)[C@@H](N(C)C(=O)[C@H](C)NC(=O)[C@@H]2CCCN2C(=O)C2(C(F)(F)F)CCCCC2)CCCCN(C)C1=O. The minimum atomic E-state index is -4.79. The van der Waals surface area contributed by atoms with Crippen LogP contribution in [-0.2, 0) is 40.0 Å². The predicted molar refractivity (Wildman–Crippen MR) is 237 cm³/mol. The van der Waals surface area contributed by atoms with Gasteiger partial charge < -0.3 is 35.6 Å². The van der Waals surface area contributed by atoms with Gasteiger partial charge in [0.05, 0.1) is 0 Å². The van der Waals surface area contributed by atoms with Gasteiger partial charge in [-0.3, -0.25) is 33.6 Å². The second-order valence-corrected chi connectivity index (χ2v) is 19.8. The molecule has 2 heterocycles. The molecule has 4 rings (SSSR count). The standard InChI is InChI=1S/C45H66Cl2F3N7O7/c1-9-31-40(62)54(6)22-14-11-16-33(36(58)53-32(26-43(3,4)5)41(63)56(8)35(38(60)52-31)25-28-24-29(46)18-19-30(28)47)55(7)39(61)27(2)51-37(59)34-17-15-23-57(34)42(64)44(45(48,49)50)20-12-10-13-21-44/h18-19,24,27,31-35H,9-17,20-23,25-26H2,1-8H3,(H,51,59)(H,52,60)(H,53,58)/t27-,31+,32-,33-,34-,35-/m0/s1. The molecule has 3 aliphatic rings. The maximum atomic E-state index is 14.6. The first-order valence-electron chi connectivity index (χ1n) is 22.3. The Morgan fingerprint density at radius 1 is 0.891 bits per heavy atom. The Kier molecular flexibility index (Phi) is 18.0. The van der Waals surface area contributed by atoms with Crippen molar-refractivity contribution in [3.8, 4) is 0 Å². The van der Waals surface area contributed by atoms with E-state index >= 15 is 0 Å². The summed E-state index contributed by atoms with van der Waals surface area (Å²) in [5, 5.41) is 8.97. The summed E-state index contributed by atoms with van der Waals surface area (Å²) in [7, 11) is 4.41. The van der Waals surface area contributed by atoms with Crippen molar-refractivity contribution >= 4 is 64.6 Å². The second-order valence-electron chi connectivity index (χ2n) is 18.9. The molecule has 14 nitrogen and oxygen atoms in total. The summed E-state index contributed by atoms with van der Waals surface area (Å²) >= 11 is 12.8. The highest BCUT2D eigenvalue weighted by atomic mass is 35.5. The van der Waals surface area contributed by atoms with Crippen molar-refractivity contribution in [1.82, 2.24) is 35.6 Å². The van der Waals surface area contributed by atoms with E-state index in [0.29, 0.717) is 41.3 Å². The van der Waals surface area contributed by atoms with Crippen molar-refractivity contribution < 1.29 is 46.7 Å². The molecule has 3 fully saturated rings. The minimum Gasteiger partial charge on any atom is -0.344 e. The fraction of sp³-hybridized carbons (Fsp3) is 0.711. The Balaban J connectivity index is 1.63. The number of nitrogens with one attached hydrogen (secondary N) is 3. The van der Waals surface area contributed by atoms with E-state index in [-0.39, 0.29) is 76.8 Å². The number of benzene rings is 1. The highest BCUT2D eigenvalue weighted by molar-refractivity contribution is 6.33. The van der Waals surface area contributed by atoms with Crippen molar-refractivity contribution in [3.63, 3.8) is 0 Å². The van der Waals surface area contributed by atoms with Crippen molar-refractivity contribution in [1.29, 1.82) is 0 Å². The van der Waals surface area contributed by atoms with Crippen molar-refractivity contribution in [2.45, 2.75) is 161 Å². The van der Waals surface area contributed by atoms with Gasteiger partial charge in [0.15, 0.2) is 0 Å². The Hall–Kier alpha value is -4.12. The number of likely N-dealkylation sites (N-methyl/N-ethyl adjacent to an activating group) is 3. The number of alkyl halides is 3. The van der Waals surface area contributed by atoms with Crippen LogP contribution in [0.1, 0.15) is 117 Å². The number of hydrogen-bond donors (Lipinski definition) is 3. The molecule has 7 amide bonds. The largest absolute Gasteiger partial charge is 0.403 e. The van der Waals surface area contributed by atoms with E-state index in [4.69, 9.17) is 23.2 Å². The van der Waals surface area contributed by atoms with Crippen LogP contribution in [0.2, 0.25) is 10.0 Å². The topological polar surface area (TPSA) is 169 Å². The first-order valence-corrected chi connectivity index (χ1v) is 23.1. The zero-order valence-corrected chi connectivity index (χ0v) is 39.9. The molecular formula is C45H66Cl2F3N7O7. The number of amides is 7. The zero-order valence-electron chi connectivity index (χ0n) is 38.3. The van der Waals surface area contributed by atoms with E-state index in [0.717, 1.165) is 4.90 Å². The lowest BCUT2D eigenvalue weighted by molar-refractivity contribution is -0.236. The molecule has 1 saturated carbocycles. The average molecular weight is 945 g/mol. The highest BCUT2D eigenvalue weighted by Crippen LogP contribution is 2.51. The van der Waals surface area contributed by atoms with E-state index in [1.54, 1.807) is 32.2 Å². The van der Waals surface area contributed by atoms with Gasteiger partial charge in [-0.05, 0) is 93.9 Å². The van der Waals surface area contributed by atoms with Crippen LogP contribution in [-0.4, -0.2) is 138 Å². The molecule has 0 unspecified atom stereocenters. The zero-order chi connectivity index (χ0) is 47.9. The number of nitrogens with zero attached hydrogens (tertiary/aromatic N) is 4. The van der Waals surface area contributed by atoms with Crippen LogP contribution >= 0.6 is 23.2 Å². The normalized spacial score (nSPS) is 25.1. The molecule has 0 radical (unpaired) electrons. The maximum Gasteiger partial charge on any atom is 0.403 e. The fourth-order valence-corrected chi connectivity index (χ4v) is 9.51. The Morgan fingerprint density at radius 3 is 2.14 bits per heavy atom. The number of hydrogen-bond acceptors (Lipinski definition) is 7. The van der Waals surface area contributed by atoms with Gasteiger partial charge in [0.1, 0.15) is 41.7 Å². The quantitative estimate of drug-likeness (QED) is 0.287. The predicted octanol–water partition coefficient (Wildman–Crippen LogP) is 5.66. The molecular weight excluding hydrogens is 878 g/mol. The third-order valence-electron chi connectivity index (χ3n) is 12.9. The molecule has 2 aliphatic heterocycles. The van der Waals surface area contributed by atoms with Crippen LogP contribution in [0.4, 0.5) is 13.2 Å². The van der Waals surface area contributed by atoms with E-state index in [1.807, 2.05) is 20.8 Å². The second kappa shape index (κ2) is 21.9. The summed E-state index contributed by atoms with van der Waals surface area (Å²) in [5.41, 5.74) is -2.62. The summed E-state index contributed by atoms with van der Waals surface area (Å²) in [5.74, 6) is -4.85. The van der Waals surface area contributed by atoms with Gasteiger partial charge in [-0.15, -0.1) is 0 Å². The number of carbonyl (C=O) groups excluding carboxylic acids is 7. The van der Waals surface area contributed by atoms with Crippen molar-refractivity contribution in [3.05, 3.63) is 33.8 Å². The van der Waals surface area contributed by atoms with Crippen LogP contribution in [0.15, 0.2) is 18.2 Å². The number of halogens is 5. The van der Waals surface area contributed by atoms with Crippen molar-refractivity contribution in [2.24, 2.45) is 10.8 Å². The summed E-state index contributed by atoms with van der Waals surface area (Å²) in [6.07, 6.45) is -2.83. The smallest absolute Gasteiger partial charge is 0.344 e. The number of rotatable bonds is 9. The van der Waals surface area contributed by atoms with Gasteiger partial charge in [0, 0.05) is 50.7 Å². The summed E-state index contributed by atoms with van der Waals surface area (Å²) < 4.78 is 43.5. The van der Waals surface area contributed by atoms with E-state index < -0.39 is 88.7 Å². The van der Waals surface area contributed by atoms with Crippen molar-refractivity contribution in [2.75, 3.05) is 34.2 Å². The van der Waals surface area contributed by atoms with Crippen LogP contribution in [0.3, 0.4) is 0 Å². The van der Waals surface area contributed by atoms with Crippen LogP contribution < -0.4 is 16.0 Å². The van der Waals surface area contributed by atoms with Crippen LogP contribution in [0, 0.1) is 10.8 Å². The lowest BCUT2D eigenvalue weighted by Gasteiger charge is -2.41. The molecule has 358 valence electrons. The van der Waals surface area contributed by atoms with Gasteiger partial charge in [-0.1, -0.05) is 70.2 Å². The Labute approximate surface area is 385 Å². The molecule has 6 atom stereocenters. The first kappa shape index (κ1) is 52.5. The summed E-state index contributed by atoms with van der Waals surface area (Å²) in [6, 6.07) is -2.23. The molecule has 2 saturated heterocycles. The molecule has 3 N–H and O–H groups in total. The lowest BCUT2D eigenvalue weighted by atomic mass is 9.72. The number of carbonyl (C=O) groups is 7. The Morgan fingerprint density at radius 2 is 1.53 bits per heavy atom. The minimum absolute atomic E-state index is 0.0253. The molecule has 1 aromatic rings. The van der Waals surface area contributed by atoms with Crippen LogP contribution in [0.25, 0.3) is 0 Å². The third-order valence-corrected chi connectivity index (χ3v) is 13.5. The van der Waals surface area contributed by atoms with E-state index in [9.17, 15) is 46.7 Å². The average Bonchev–Trinajstić information content (AvgIpc) is 3.73. The van der Waals surface area contributed by atoms with E-state index in [1.165, 1.54) is 35.7 Å². The first-order chi connectivity index (χ1) is 29.8. The summed E-state index contributed by atoms with van der Waals surface area (Å²) in [4.78, 5) is 103. The van der Waals surface area contributed by atoms with Gasteiger partial charge >= 0.3 is 6.18 Å². The molecule has 64 heavy (non-hydrogen) atoms. The molecule has 0 spiro atoms. The molecule has 1 aromatic carbocycles. The van der Waals surface area contributed by atoms with E-state index in [2.05, 4.69) is 16.0 Å². The Bertz CT molecular complexity index is 1890. The van der Waals surface area contributed by atoms with Gasteiger partial charge in [-0.2, -0.15) is 13.2 Å². The van der Waals surface area contributed by atoms with Gasteiger partial charge in [0.25, 0.3) is 0 Å². The summed E-state index contributed by atoms with van der Waals surface area (Å²) in [6.45, 7) is 9.02. The molecule has 0 bridgehead atoms.